The molecule has 1 aliphatic heterocycles. The van der Waals surface area contributed by atoms with Crippen LogP contribution in [0, 0.1) is 12.8 Å². The zero-order valence-corrected chi connectivity index (χ0v) is 15.9. The molecule has 6 nitrogen and oxygen atoms in total. The summed E-state index contributed by atoms with van der Waals surface area (Å²) in [6.45, 7) is 4.94. The summed E-state index contributed by atoms with van der Waals surface area (Å²) >= 11 is 1.57. The summed E-state index contributed by atoms with van der Waals surface area (Å²) in [5.74, 6) is 1.55. The second kappa shape index (κ2) is 7.17. The molecule has 0 bridgehead atoms. The van der Waals surface area contributed by atoms with E-state index in [4.69, 9.17) is 4.98 Å². The van der Waals surface area contributed by atoms with E-state index in [1.165, 1.54) is 0 Å². The predicted molar refractivity (Wildman–Crippen MR) is 104 cm³/mol. The van der Waals surface area contributed by atoms with E-state index in [9.17, 15) is 4.79 Å². The summed E-state index contributed by atoms with van der Waals surface area (Å²) in [5, 5.41) is 3.21. The molecule has 1 atom stereocenters. The van der Waals surface area contributed by atoms with E-state index in [1.807, 2.05) is 53.2 Å². The molecule has 3 aromatic rings. The summed E-state index contributed by atoms with van der Waals surface area (Å²) in [6, 6.07) is 8.00. The molecule has 0 saturated carbocycles. The number of thiazole rings is 1. The lowest BCUT2D eigenvalue weighted by molar-refractivity contribution is -0.130. The maximum atomic E-state index is 13.0. The maximum absolute atomic E-state index is 13.0. The smallest absolute Gasteiger partial charge is 0.242 e. The molecule has 2 aromatic heterocycles. The van der Waals surface area contributed by atoms with Crippen LogP contribution in [0.1, 0.15) is 12.1 Å². The highest BCUT2D eigenvalue weighted by Gasteiger charge is 2.27. The fourth-order valence-electron chi connectivity index (χ4n) is 3.68. The summed E-state index contributed by atoms with van der Waals surface area (Å²) in [7, 11) is 1.96. The zero-order chi connectivity index (χ0) is 18.1. The summed E-state index contributed by atoms with van der Waals surface area (Å²) < 4.78 is 2.05. The Labute approximate surface area is 156 Å². The Balaban J connectivity index is 1.65. The molecule has 1 N–H and O–H groups in total. The first-order chi connectivity index (χ1) is 12.7. The van der Waals surface area contributed by atoms with E-state index >= 15 is 0 Å². The number of nitrogens with zero attached hydrogens (tertiary/aromatic N) is 4. The molecule has 0 unspecified atom stereocenters. The van der Waals surface area contributed by atoms with Gasteiger partial charge in [0.2, 0.25) is 5.91 Å². The molecule has 1 aromatic carbocycles. The van der Waals surface area contributed by atoms with Gasteiger partial charge < -0.3 is 14.8 Å². The number of hydrogen-bond donors (Lipinski definition) is 1. The lowest BCUT2D eigenvalue weighted by Crippen LogP contribution is -2.33. The van der Waals surface area contributed by atoms with E-state index in [1.54, 1.807) is 11.3 Å². The highest BCUT2D eigenvalue weighted by atomic mass is 32.1. The van der Waals surface area contributed by atoms with E-state index in [2.05, 4.69) is 10.3 Å². The van der Waals surface area contributed by atoms with Crippen LogP contribution in [-0.4, -0.2) is 52.0 Å². The zero-order valence-electron chi connectivity index (χ0n) is 15.1. The van der Waals surface area contributed by atoms with E-state index in [0.717, 1.165) is 53.5 Å². The monoisotopic (exact) mass is 369 g/mol. The lowest BCUT2D eigenvalue weighted by Gasteiger charge is -2.18. The number of aryl methyl sites for hydroxylation is 1. The molecule has 0 aliphatic carbocycles. The quantitative estimate of drug-likeness (QED) is 0.751. The van der Waals surface area contributed by atoms with Crippen molar-refractivity contribution in [2.45, 2.75) is 19.9 Å². The van der Waals surface area contributed by atoms with Crippen molar-refractivity contribution in [3.05, 3.63) is 35.5 Å². The Hall–Kier alpha value is -2.25. The van der Waals surface area contributed by atoms with Gasteiger partial charge in [-0.3, -0.25) is 4.79 Å². The van der Waals surface area contributed by atoms with Crippen molar-refractivity contribution in [2.24, 2.45) is 5.92 Å². The summed E-state index contributed by atoms with van der Waals surface area (Å²) in [6.07, 6.45) is 1.07. The van der Waals surface area contributed by atoms with Crippen LogP contribution in [0.3, 0.4) is 0 Å². The molecule has 3 heterocycles. The van der Waals surface area contributed by atoms with E-state index in [0.29, 0.717) is 12.5 Å². The van der Waals surface area contributed by atoms with Gasteiger partial charge in [-0.05, 0) is 45.0 Å². The highest BCUT2D eigenvalue weighted by molar-refractivity contribution is 7.13. The molecule has 1 saturated heterocycles. The topological polar surface area (TPSA) is 63.1 Å². The van der Waals surface area contributed by atoms with Crippen molar-refractivity contribution in [1.82, 2.24) is 24.8 Å². The van der Waals surface area contributed by atoms with E-state index in [-0.39, 0.29) is 5.91 Å². The number of para-hydroxylation sites is 2. The number of carbonyl (C=O) groups excluding carboxylic acids is 1. The first-order valence-corrected chi connectivity index (χ1v) is 9.83. The SMILES string of the molecule is CNC[C@H]1CCN(C(=O)Cn2c(-c3scnc3C)nc3ccccc32)C1. The number of hydrogen-bond acceptors (Lipinski definition) is 5. The van der Waals surface area contributed by atoms with Crippen LogP contribution in [0.4, 0.5) is 0 Å². The Kier molecular flexibility index (Phi) is 4.74. The fourth-order valence-corrected chi connectivity index (χ4v) is 4.48. The largest absolute Gasteiger partial charge is 0.341 e. The molecule has 7 heteroatoms. The fraction of sp³-hybridized carbons (Fsp3) is 0.421. The van der Waals surface area contributed by atoms with Crippen molar-refractivity contribution in [2.75, 3.05) is 26.7 Å². The van der Waals surface area contributed by atoms with Gasteiger partial charge >= 0.3 is 0 Å². The van der Waals surface area contributed by atoms with Crippen LogP contribution in [0.2, 0.25) is 0 Å². The van der Waals surface area contributed by atoms with Gasteiger partial charge in [0.15, 0.2) is 5.82 Å². The van der Waals surface area contributed by atoms with Gasteiger partial charge in [0.1, 0.15) is 6.54 Å². The van der Waals surface area contributed by atoms with Crippen LogP contribution < -0.4 is 5.32 Å². The molecule has 1 aliphatic rings. The normalized spacial score (nSPS) is 17.3. The van der Waals surface area contributed by atoms with Crippen LogP contribution in [-0.2, 0) is 11.3 Å². The van der Waals surface area contributed by atoms with Crippen LogP contribution in [0.25, 0.3) is 21.7 Å². The molecule has 1 amide bonds. The van der Waals surface area contributed by atoms with Crippen LogP contribution in [0.15, 0.2) is 29.8 Å². The Morgan fingerprint density at radius 3 is 3.00 bits per heavy atom. The predicted octanol–water partition coefficient (Wildman–Crippen LogP) is 2.54. The molecule has 0 spiro atoms. The van der Waals surface area contributed by atoms with Gasteiger partial charge in [0.25, 0.3) is 0 Å². The Morgan fingerprint density at radius 1 is 1.38 bits per heavy atom. The second-order valence-corrected chi connectivity index (χ2v) is 7.68. The van der Waals surface area contributed by atoms with E-state index < -0.39 is 0 Å². The van der Waals surface area contributed by atoms with Crippen molar-refractivity contribution in [1.29, 1.82) is 0 Å². The molecular weight excluding hydrogens is 346 g/mol. The van der Waals surface area contributed by atoms with Gasteiger partial charge in [-0.1, -0.05) is 12.1 Å². The third-order valence-corrected chi connectivity index (χ3v) is 5.95. The third kappa shape index (κ3) is 3.12. The minimum Gasteiger partial charge on any atom is -0.341 e. The van der Waals surface area contributed by atoms with Crippen molar-refractivity contribution >= 4 is 28.3 Å². The Morgan fingerprint density at radius 2 is 2.23 bits per heavy atom. The lowest BCUT2D eigenvalue weighted by atomic mass is 10.1. The number of rotatable bonds is 5. The van der Waals surface area contributed by atoms with Crippen LogP contribution in [0.5, 0.6) is 0 Å². The summed E-state index contributed by atoms with van der Waals surface area (Å²) in [5.41, 5.74) is 4.69. The molecular formula is C19H23N5OS. The Bertz CT molecular complexity index is 931. The number of aromatic nitrogens is 3. The van der Waals surface area contributed by atoms with Crippen molar-refractivity contribution in [3.63, 3.8) is 0 Å². The maximum Gasteiger partial charge on any atom is 0.242 e. The molecule has 4 rings (SSSR count). The first kappa shape index (κ1) is 17.2. The number of fused-ring (bicyclic) bond motifs is 1. The minimum absolute atomic E-state index is 0.162. The average molecular weight is 369 g/mol. The number of nitrogens with one attached hydrogen (secondary N) is 1. The number of amides is 1. The van der Waals surface area contributed by atoms with Gasteiger partial charge in [0.05, 0.1) is 27.1 Å². The van der Waals surface area contributed by atoms with Crippen molar-refractivity contribution < 1.29 is 4.79 Å². The molecule has 26 heavy (non-hydrogen) atoms. The van der Waals surface area contributed by atoms with Gasteiger partial charge in [-0.2, -0.15) is 0 Å². The molecule has 0 radical (unpaired) electrons. The van der Waals surface area contributed by atoms with Crippen molar-refractivity contribution in [3.8, 4) is 10.7 Å². The molecule has 1 fully saturated rings. The van der Waals surface area contributed by atoms with Gasteiger partial charge in [-0.25, -0.2) is 9.97 Å². The number of imidazole rings is 1. The number of benzene rings is 1. The minimum atomic E-state index is 0.162. The second-order valence-electron chi connectivity index (χ2n) is 6.83. The van der Waals surface area contributed by atoms with Crippen LogP contribution >= 0.6 is 11.3 Å². The number of likely N-dealkylation sites (tertiary alicyclic amines) is 1. The summed E-state index contributed by atoms with van der Waals surface area (Å²) in [4.78, 5) is 25.1. The first-order valence-electron chi connectivity index (χ1n) is 8.95. The highest BCUT2D eigenvalue weighted by Crippen LogP contribution is 2.30. The number of carbonyl (C=O) groups is 1. The standard InChI is InChI=1S/C19H23N5OS/c1-13-18(26-12-21-13)19-22-15-5-3-4-6-16(15)24(19)11-17(25)23-8-7-14(10-23)9-20-2/h3-6,12,14,20H,7-11H2,1-2H3/t14-/m1/s1. The van der Waals surface area contributed by atoms with Gasteiger partial charge in [0, 0.05) is 13.1 Å². The van der Waals surface area contributed by atoms with Gasteiger partial charge in [-0.15, -0.1) is 11.3 Å². The third-order valence-electron chi connectivity index (χ3n) is 5.03. The average Bonchev–Trinajstić information content (AvgIpc) is 3.34. The molecule has 136 valence electrons.